The summed E-state index contributed by atoms with van der Waals surface area (Å²) in [5.74, 6) is -0.0270. The zero-order valence-corrected chi connectivity index (χ0v) is 18.6. The van der Waals surface area contributed by atoms with E-state index in [1.165, 1.54) is 23.9 Å². The van der Waals surface area contributed by atoms with Gasteiger partial charge in [-0.1, -0.05) is 35.1 Å². The normalized spacial score (nSPS) is 10.6. The van der Waals surface area contributed by atoms with E-state index in [2.05, 4.69) is 25.3 Å². The number of aryl methyl sites for hydroxylation is 2. The highest BCUT2D eigenvalue weighted by Gasteiger charge is 2.15. The number of hydrogen-bond donors (Lipinski definition) is 2. The SMILES string of the molecule is COC(=O)CCn1c(C)nc(Nc2ncc(C(=O)Nc3c(C)cccc3Cl)s2)cc1=O. The first-order chi connectivity index (χ1) is 14.8. The number of anilines is 3. The summed E-state index contributed by atoms with van der Waals surface area (Å²) in [5, 5.41) is 6.58. The summed E-state index contributed by atoms with van der Waals surface area (Å²) in [5.41, 5.74) is 1.07. The molecular formula is C20H20ClN5O4S. The molecular weight excluding hydrogens is 442 g/mol. The Bertz CT molecular complexity index is 1170. The number of hydrogen-bond acceptors (Lipinski definition) is 8. The number of nitrogens with one attached hydrogen (secondary N) is 2. The van der Waals surface area contributed by atoms with E-state index >= 15 is 0 Å². The van der Waals surface area contributed by atoms with E-state index in [0.717, 1.165) is 16.9 Å². The molecule has 2 aromatic heterocycles. The van der Waals surface area contributed by atoms with Crippen LogP contribution in [0.2, 0.25) is 5.02 Å². The lowest BCUT2D eigenvalue weighted by Gasteiger charge is -2.10. The van der Waals surface area contributed by atoms with Crippen LogP contribution in [0.15, 0.2) is 35.3 Å². The minimum absolute atomic E-state index is 0.0710. The average molecular weight is 462 g/mol. The number of amides is 1. The summed E-state index contributed by atoms with van der Waals surface area (Å²) in [6, 6.07) is 6.66. The molecule has 0 unspecified atom stereocenters. The fraction of sp³-hybridized carbons (Fsp3) is 0.250. The molecule has 31 heavy (non-hydrogen) atoms. The second kappa shape index (κ2) is 9.71. The van der Waals surface area contributed by atoms with Crippen molar-refractivity contribution < 1.29 is 14.3 Å². The van der Waals surface area contributed by atoms with Gasteiger partial charge in [-0.05, 0) is 25.5 Å². The smallest absolute Gasteiger partial charge is 0.307 e. The van der Waals surface area contributed by atoms with Gasteiger partial charge in [-0.15, -0.1) is 0 Å². The number of nitrogens with zero attached hydrogens (tertiary/aromatic N) is 3. The van der Waals surface area contributed by atoms with Gasteiger partial charge in [0.25, 0.3) is 11.5 Å². The van der Waals surface area contributed by atoms with E-state index in [4.69, 9.17) is 11.6 Å². The summed E-state index contributed by atoms with van der Waals surface area (Å²) >= 11 is 7.27. The molecule has 0 bridgehead atoms. The monoisotopic (exact) mass is 461 g/mol. The molecule has 0 spiro atoms. The minimum Gasteiger partial charge on any atom is -0.469 e. The number of benzene rings is 1. The Morgan fingerprint density at radius 1 is 1.29 bits per heavy atom. The van der Waals surface area contributed by atoms with Crippen molar-refractivity contribution in [2.45, 2.75) is 26.8 Å². The molecule has 11 heteroatoms. The highest BCUT2D eigenvalue weighted by atomic mass is 35.5. The van der Waals surface area contributed by atoms with Crippen molar-refractivity contribution >= 4 is 51.5 Å². The number of thiazole rings is 1. The first-order valence-corrected chi connectivity index (χ1v) is 10.4. The first-order valence-electron chi connectivity index (χ1n) is 9.23. The highest BCUT2D eigenvalue weighted by Crippen LogP contribution is 2.27. The summed E-state index contributed by atoms with van der Waals surface area (Å²) in [7, 11) is 1.29. The van der Waals surface area contributed by atoms with Gasteiger partial charge in [-0.25, -0.2) is 9.97 Å². The minimum atomic E-state index is -0.408. The molecule has 0 saturated carbocycles. The van der Waals surface area contributed by atoms with E-state index < -0.39 is 5.97 Å². The van der Waals surface area contributed by atoms with E-state index in [1.807, 2.05) is 13.0 Å². The van der Waals surface area contributed by atoms with Gasteiger partial charge >= 0.3 is 5.97 Å². The molecule has 9 nitrogen and oxygen atoms in total. The Kier molecular flexibility index (Phi) is 7.03. The Labute approximate surface area is 187 Å². The fourth-order valence-corrected chi connectivity index (χ4v) is 3.76. The van der Waals surface area contributed by atoms with Crippen LogP contribution in [0.5, 0.6) is 0 Å². The van der Waals surface area contributed by atoms with Crippen LogP contribution in [0.25, 0.3) is 0 Å². The molecule has 2 heterocycles. The van der Waals surface area contributed by atoms with Gasteiger partial charge in [0.1, 0.15) is 16.5 Å². The summed E-state index contributed by atoms with van der Waals surface area (Å²) in [6.45, 7) is 3.69. The zero-order chi connectivity index (χ0) is 22.5. The van der Waals surface area contributed by atoms with Gasteiger partial charge in [0.05, 0.1) is 30.4 Å². The summed E-state index contributed by atoms with van der Waals surface area (Å²) in [4.78, 5) is 45.1. The predicted molar refractivity (Wildman–Crippen MR) is 119 cm³/mol. The zero-order valence-electron chi connectivity index (χ0n) is 17.1. The number of carbonyl (C=O) groups is 2. The largest absolute Gasteiger partial charge is 0.469 e. The van der Waals surface area contributed by atoms with E-state index in [1.54, 1.807) is 19.1 Å². The number of esters is 1. The van der Waals surface area contributed by atoms with Gasteiger partial charge in [0.2, 0.25) is 0 Å². The van der Waals surface area contributed by atoms with Crippen LogP contribution in [-0.2, 0) is 16.1 Å². The van der Waals surface area contributed by atoms with E-state index in [-0.39, 0.29) is 24.4 Å². The molecule has 1 aromatic carbocycles. The maximum Gasteiger partial charge on any atom is 0.307 e. The molecule has 0 aliphatic rings. The molecule has 0 saturated heterocycles. The lowest BCUT2D eigenvalue weighted by atomic mass is 10.2. The van der Waals surface area contributed by atoms with Crippen LogP contribution in [-0.4, -0.2) is 33.5 Å². The molecule has 2 N–H and O–H groups in total. The van der Waals surface area contributed by atoms with Crippen LogP contribution in [0.4, 0.5) is 16.6 Å². The van der Waals surface area contributed by atoms with E-state index in [0.29, 0.717) is 32.4 Å². The van der Waals surface area contributed by atoms with Crippen molar-refractivity contribution in [2.75, 3.05) is 17.7 Å². The fourth-order valence-electron chi connectivity index (χ4n) is 2.77. The van der Waals surface area contributed by atoms with Crippen molar-refractivity contribution in [3.05, 3.63) is 62.1 Å². The quantitative estimate of drug-likeness (QED) is 0.517. The highest BCUT2D eigenvalue weighted by molar-refractivity contribution is 7.17. The maximum absolute atomic E-state index is 12.6. The maximum atomic E-state index is 12.6. The molecule has 0 aliphatic carbocycles. The third-order valence-electron chi connectivity index (χ3n) is 4.39. The molecule has 0 radical (unpaired) electrons. The number of para-hydroxylation sites is 1. The lowest BCUT2D eigenvalue weighted by Crippen LogP contribution is -2.25. The lowest BCUT2D eigenvalue weighted by molar-refractivity contribution is -0.140. The molecule has 162 valence electrons. The van der Waals surface area contributed by atoms with Crippen LogP contribution in [0.1, 0.15) is 27.5 Å². The van der Waals surface area contributed by atoms with Gasteiger partial charge in [-0.2, -0.15) is 0 Å². The van der Waals surface area contributed by atoms with E-state index in [9.17, 15) is 14.4 Å². The Morgan fingerprint density at radius 3 is 2.74 bits per heavy atom. The van der Waals surface area contributed by atoms with Gasteiger partial charge in [0, 0.05) is 12.6 Å². The van der Waals surface area contributed by atoms with Crippen molar-refractivity contribution in [1.82, 2.24) is 14.5 Å². The van der Waals surface area contributed by atoms with Gasteiger partial charge < -0.3 is 15.4 Å². The third kappa shape index (κ3) is 5.47. The molecule has 0 atom stereocenters. The van der Waals surface area contributed by atoms with Crippen molar-refractivity contribution in [2.24, 2.45) is 0 Å². The van der Waals surface area contributed by atoms with Crippen LogP contribution in [0, 0.1) is 13.8 Å². The van der Waals surface area contributed by atoms with Crippen molar-refractivity contribution in [1.29, 1.82) is 0 Å². The molecule has 3 aromatic rings. The molecule has 1 amide bonds. The van der Waals surface area contributed by atoms with Crippen molar-refractivity contribution in [3.63, 3.8) is 0 Å². The second-order valence-electron chi connectivity index (χ2n) is 6.55. The molecule has 0 aliphatic heterocycles. The molecule has 0 fully saturated rings. The van der Waals surface area contributed by atoms with Crippen LogP contribution >= 0.6 is 22.9 Å². The number of carbonyl (C=O) groups excluding carboxylic acids is 2. The Morgan fingerprint density at radius 2 is 2.06 bits per heavy atom. The van der Waals surface area contributed by atoms with Crippen LogP contribution in [0.3, 0.4) is 0 Å². The number of aromatic nitrogens is 3. The number of ether oxygens (including phenoxy) is 1. The topological polar surface area (TPSA) is 115 Å². The van der Waals surface area contributed by atoms with Gasteiger partial charge in [-0.3, -0.25) is 19.0 Å². The predicted octanol–water partition coefficient (Wildman–Crippen LogP) is 3.53. The molecule has 3 rings (SSSR count). The summed E-state index contributed by atoms with van der Waals surface area (Å²) in [6.07, 6.45) is 1.50. The second-order valence-corrected chi connectivity index (χ2v) is 7.98. The number of methoxy groups -OCH3 is 1. The summed E-state index contributed by atoms with van der Waals surface area (Å²) < 4.78 is 5.98. The van der Waals surface area contributed by atoms with Gasteiger partial charge in [0.15, 0.2) is 5.13 Å². The Hall–Kier alpha value is -3.24. The number of halogens is 1. The standard InChI is InChI=1S/C20H20ClN5O4S/c1-11-5-4-6-13(21)18(11)25-19(29)14-10-22-20(31-14)24-15-9-16(27)26(12(2)23-15)8-7-17(28)30-3/h4-6,9-10H,7-8H2,1-3H3,(H,22,24)(H,25,29). The number of rotatable bonds is 7. The Balaban J connectivity index is 1.71. The first kappa shape index (κ1) is 22.4. The third-order valence-corrected chi connectivity index (χ3v) is 5.62. The average Bonchev–Trinajstić information content (AvgIpc) is 3.18. The van der Waals surface area contributed by atoms with Crippen LogP contribution < -0.4 is 16.2 Å². The van der Waals surface area contributed by atoms with Crippen molar-refractivity contribution in [3.8, 4) is 0 Å².